The molecule has 1 rings (SSSR count). The lowest BCUT2D eigenvalue weighted by atomic mass is 10.4. The molecular weight excluding hydrogens is 130 g/mol. The van der Waals surface area contributed by atoms with Gasteiger partial charge in [-0.2, -0.15) is 0 Å². The second kappa shape index (κ2) is 2.99. The zero-order chi connectivity index (χ0) is 6.69. The monoisotopic (exact) mass is 141 g/mol. The summed E-state index contributed by atoms with van der Waals surface area (Å²) in [6.07, 6.45) is 0. The summed E-state index contributed by atoms with van der Waals surface area (Å²) < 4.78 is 0. The minimum atomic E-state index is 1.07. The predicted molar refractivity (Wildman–Crippen MR) is 41.7 cm³/mol. The molecule has 0 unspecified atom stereocenters. The van der Waals surface area contributed by atoms with Crippen molar-refractivity contribution < 1.29 is 0 Å². The van der Waals surface area contributed by atoms with Gasteiger partial charge in [-0.15, -0.1) is 11.3 Å². The van der Waals surface area contributed by atoms with Crippen LogP contribution >= 0.6 is 11.3 Å². The van der Waals surface area contributed by atoms with Gasteiger partial charge in [0, 0.05) is 11.4 Å². The maximum atomic E-state index is 2.17. The Balaban J connectivity index is 2.48. The van der Waals surface area contributed by atoms with Gasteiger partial charge in [-0.3, -0.25) is 0 Å². The number of rotatable bonds is 2. The number of nitrogens with zero attached hydrogens (tertiary/aromatic N) is 1. The summed E-state index contributed by atoms with van der Waals surface area (Å²) in [6, 6.07) is 4.24. The molecule has 0 radical (unpaired) electrons. The Morgan fingerprint density at radius 1 is 1.56 bits per heavy atom. The number of hydrogen-bond acceptors (Lipinski definition) is 2. The predicted octanol–water partition coefficient (Wildman–Crippen LogP) is 1.81. The summed E-state index contributed by atoms with van der Waals surface area (Å²) in [5.41, 5.74) is 0. The molecule has 0 saturated carbocycles. The third-order valence-corrected chi connectivity index (χ3v) is 1.91. The highest BCUT2D eigenvalue weighted by Crippen LogP contribution is 2.09. The van der Waals surface area contributed by atoms with Gasteiger partial charge in [-0.1, -0.05) is 6.07 Å². The molecule has 0 aliphatic carbocycles. The molecule has 1 aromatic rings. The van der Waals surface area contributed by atoms with E-state index in [1.54, 1.807) is 0 Å². The lowest BCUT2D eigenvalue weighted by Gasteiger charge is -2.05. The molecule has 0 aliphatic heterocycles. The topological polar surface area (TPSA) is 3.24 Å². The molecular formula is C7H11NS. The standard InChI is InChI=1S/C7H11NS/c1-8(2)6-7-4-3-5-9-7/h3-5H,6H2,1-2H3. The van der Waals surface area contributed by atoms with Crippen LogP contribution < -0.4 is 0 Å². The van der Waals surface area contributed by atoms with Gasteiger partial charge in [0.15, 0.2) is 0 Å². The Bertz CT molecular complexity index is 155. The number of hydrogen-bond donors (Lipinski definition) is 0. The van der Waals surface area contributed by atoms with Gasteiger partial charge in [0.2, 0.25) is 0 Å². The minimum Gasteiger partial charge on any atom is -0.304 e. The summed E-state index contributed by atoms with van der Waals surface area (Å²) in [5.74, 6) is 0. The van der Waals surface area contributed by atoms with E-state index in [9.17, 15) is 0 Å². The van der Waals surface area contributed by atoms with Crippen LogP contribution in [-0.2, 0) is 6.54 Å². The van der Waals surface area contributed by atoms with Crippen molar-refractivity contribution >= 4 is 11.3 Å². The molecule has 1 nitrogen and oxygen atoms in total. The first-order valence-corrected chi connectivity index (χ1v) is 3.84. The maximum absolute atomic E-state index is 2.17. The highest BCUT2D eigenvalue weighted by Gasteiger charge is 1.92. The van der Waals surface area contributed by atoms with Crippen LogP contribution in [0.3, 0.4) is 0 Å². The zero-order valence-corrected chi connectivity index (χ0v) is 6.61. The van der Waals surface area contributed by atoms with E-state index in [0.717, 1.165) is 6.54 Å². The van der Waals surface area contributed by atoms with Crippen molar-refractivity contribution in [3.8, 4) is 0 Å². The molecule has 0 N–H and O–H groups in total. The Kier molecular flexibility index (Phi) is 2.25. The highest BCUT2D eigenvalue weighted by molar-refractivity contribution is 7.09. The molecule has 1 heterocycles. The quantitative estimate of drug-likeness (QED) is 0.607. The molecule has 50 valence electrons. The van der Waals surface area contributed by atoms with E-state index in [2.05, 4.69) is 36.5 Å². The van der Waals surface area contributed by atoms with E-state index in [1.807, 2.05) is 11.3 Å². The van der Waals surface area contributed by atoms with Crippen LogP contribution in [0.1, 0.15) is 4.88 Å². The third-order valence-electron chi connectivity index (χ3n) is 1.05. The SMILES string of the molecule is CN(C)Cc1cccs1. The van der Waals surface area contributed by atoms with Crippen molar-refractivity contribution in [2.45, 2.75) is 6.54 Å². The van der Waals surface area contributed by atoms with Gasteiger partial charge < -0.3 is 4.90 Å². The highest BCUT2D eigenvalue weighted by atomic mass is 32.1. The van der Waals surface area contributed by atoms with Crippen LogP contribution in [0.5, 0.6) is 0 Å². The van der Waals surface area contributed by atoms with Gasteiger partial charge in [0.1, 0.15) is 0 Å². The van der Waals surface area contributed by atoms with Gasteiger partial charge in [-0.05, 0) is 25.5 Å². The molecule has 0 atom stereocenters. The molecule has 9 heavy (non-hydrogen) atoms. The van der Waals surface area contributed by atoms with Crippen molar-refractivity contribution in [2.24, 2.45) is 0 Å². The lowest BCUT2D eigenvalue weighted by molar-refractivity contribution is 0.406. The molecule has 0 saturated heterocycles. The van der Waals surface area contributed by atoms with E-state index in [4.69, 9.17) is 0 Å². The fourth-order valence-corrected chi connectivity index (χ4v) is 1.54. The fourth-order valence-electron chi connectivity index (χ4n) is 0.714. The Labute approximate surface area is 59.9 Å². The van der Waals surface area contributed by atoms with E-state index >= 15 is 0 Å². The molecule has 0 fully saturated rings. The van der Waals surface area contributed by atoms with Crippen LogP contribution in [0.4, 0.5) is 0 Å². The van der Waals surface area contributed by atoms with Crippen molar-refractivity contribution in [1.82, 2.24) is 4.90 Å². The molecule has 0 amide bonds. The largest absolute Gasteiger partial charge is 0.304 e. The average Bonchev–Trinajstić information content (AvgIpc) is 2.15. The van der Waals surface area contributed by atoms with Gasteiger partial charge in [-0.25, -0.2) is 0 Å². The molecule has 2 heteroatoms. The summed E-state index contributed by atoms with van der Waals surface area (Å²) >= 11 is 1.81. The summed E-state index contributed by atoms with van der Waals surface area (Å²) in [6.45, 7) is 1.07. The maximum Gasteiger partial charge on any atom is 0.0321 e. The average molecular weight is 141 g/mol. The first-order chi connectivity index (χ1) is 4.29. The van der Waals surface area contributed by atoms with E-state index in [-0.39, 0.29) is 0 Å². The number of thiophene rings is 1. The van der Waals surface area contributed by atoms with Crippen LogP contribution in [0.25, 0.3) is 0 Å². The van der Waals surface area contributed by atoms with Crippen LogP contribution in [0, 0.1) is 0 Å². The van der Waals surface area contributed by atoms with E-state index in [1.165, 1.54) is 4.88 Å². The van der Waals surface area contributed by atoms with Gasteiger partial charge >= 0.3 is 0 Å². The summed E-state index contributed by atoms with van der Waals surface area (Å²) in [7, 11) is 4.17. The molecule has 0 aliphatic rings. The van der Waals surface area contributed by atoms with Gasteiger partial charge in [0.25, 0.3) is 0 Å². The Morgan fingerprint density at radius 3 is 2.78 bits per heavy atom. The van der Waals surface area contributed by atoms with Crippen molar-refractivity contribution in [1.29, 1.82) is 0 Å². The minimum absolute atomic E-state index is 1.07. The molecule has 0 aromatic carbocycles. The Morgan fingerprint density at radius 2 is 2.33 bits per heavy atom. The van der Waals surface area contributed by atoms with Crippen molar-refractivity contribution in [3.05, 3.63) is 22.4 Å². The van der Waals surface area contributed by atoms with Crippen molar-refractivity contribution in [3.63, 3.8) is 0 Å². The first kappa shape index (κ1) is 6.78. The fraction of sp³-hybridized carbons (Fsp3) is 0.429. The summed E-state index contributed by atoms with van der Waals surface area (Å²) in [5, 5.41) is 2.11. The second-order valence-electron chi connectivity index (χ2n) is 2.32. The van der Waals surface area contributed by atoms with Gasteiger partial charge in [0.05, 0.1) is 0 Å². The first-order valence-electron chi connectivity index (χ1n) is 2.96. The molecule has 1 aromatic heterocycles. The zero-order valence-electron chi connectivity index (χ0n) is 5.79. The van der Waals surface area contributed by atoms with Crippen LogP contribution in [0.15, 0.2) is 17.5 Å². The van der Waals surface area contributed by atoms with Crippen LogP contribution in [0.2, 0.25) is 0 Å². The van der Waals surface area contributed by atoms with E-state index < -0.39 is 0 Å². The summed E-state index contributed by atoms with van der Waals surface area (Å²) in [4.78, 5) is 3.60. The normalized spacial score (nSPS) is 10.6. The second-order valence-corrected chi connectivity index (χ2v) is 3.35. The lowest BCUT2D eigenvalue weighted by Crippen LogP contribution is -2.08. The smallest absolute Gasteiger partial charge is 0.0321 e. The third kappa shape index (κ3) is 2.16. The van der Waals surface area contributed by atoms with E-state index in [0.29, 0.717) is 0 Å². The Hall–Kier alpha value is -0.340. The molecule has 0 bridgehead atoms. The van der Waals surface area contributed by atoms with Crippen LogP contribution in [-0.4, -0.2) is 19.0 Å². The van der Waals surface area contributed by atoms with Crippen molar-refractivity contribution in [2.75, 3.05) is 14.1 Å². The molecule has 0 spiro atoms.